The first-order valence-corrected chi connectivity index (χ1v) is 10.1. The molecule has 2 aromatic rings. The molecule has 1 saturated heterocycles. The van der Waals surface area contributed by atoms with Gasteiger partial charge in [0.15, 0.2) is 0 Å². The third-order valence-electron chi connectivity index (χ3n) is 5.07. The number of rotatable bonds is 4. The Bertz CT molecular complexity index is 833. The van der Waals surface area contributed by atoms with E-state index in [9.17, 15) is 4.79 Å². The van der Waals surface area contributed by atoms with Gasteiger partial charge in [0.2, 0.25) is 16.2 Å². The first-order valence-electron chi connectivity index (χ1n) is 9.25. The van der Waals surface area contributed by atoms with E-state index >= 15 is 0 Å². The van der Waals surface area contributed by atoms with Gasteiger partial charge in [-0.3, -0.25) is 14.7 Å². The van der Waals surface area contributed by atoms with Crippen molar-refractivity contribution in [3.8, 4) is 5.75 Å². The van der Waals surface area contributed by atoms with Gasteiger partial charge in [0.05, 0.1) is 5.69 Å². The summed E-state index contributed by atoms with van der Waals surface area (Å²) in [5.41, 5.74) is 2.26. The van der Waals surface area contributed by atoms with Gasteiger partial charge in [0.25, 0.3) is 0 Å². The molecule has 1 amide bonds. The van der Waals surface area contributed by atoms with E-state index in [0.717, 1.165) is 49.2 Å². The molecule has 0 aromatic carbocycles. The Morgan fingerprint density at radius 2 is 2.11 bits per heavy atom. The van der Waals surface area contributed by atoms with Crippen molar-refractivity contribution in [2.45, 2.75) is 39.3 Å². The number of aromatic nitrogens is 3. The summed E-state index contributed by atoms with van der Waals surface area (Å²) in [6, 6.07) is 2.43. The van der Waals surface area contributed by atoms with E-state index in [1.165, 1.54) is 23.8 Å². The number of pyridine rings is 1. The highest BCUT2D eigenvalue weighted by Gasteiger charge is 2.26. The molecule has 0 bridgehead atoms. The van der Waals surface area contributed by atoms with Crippen LogP contribution < -0.4 is 15.0 Å². The molecule has 144 valence electrons. The van der Waals surface area contributed by atoms with Crippen molar-refractivity contribution in [3.05, 3.63) is 23.5 Å². The molecular weight excluding hydrogens is 364 g/mol. The number of amides is 1. The Balaban J connectivity index is 1.37. The van der Waals surface area contributed by atoms with Crippen LogP contribution in [0.5, 0.6) is 5.75 Å². The molecule has 0 spiro atoms. The summed E-state index contributed by atoms with van der Waals surface area (Å²) < 4.78 is 5.86. The molecule has 1 unspecified atom stereocenters. The highest BCUT2D eigenvalue weighted by molar-refractivity contribution is 7.19. The second kappa shape index (κ2) is 7.40. The first kappa shape index (κ1) is 18.1. The molecule has 1 N–H and O–H groups in total. The summed E-state index contributed by atoms with van der Waals surface area (Å²) in [4.78, 5) is 20.4. The zero-order chi connectivity index (χ0) is 19.0. The van der Waals surface area contributed by atoms with Gasteiger partial charge < -0.3 is 15.0 Å². The number of ether oxygens (including phenoxy) is 1. The van der Waals surface area contributed by atoms with Crippen LogP contribution in [0, 0.1) is 0 Å². The number of nitrogens with zero attached hydrogens (tertiary/aromatic N) is 5. The second-order valence-electron chi connectivity index (χ2n) is 7.12. The van der Waals surface area contributed by atoms with Crippen LogP contribution in [-0.4, -0.2) is 58.3 Å². The monoisotopic (exact) mass is 388 g/mol. The number of fused-ring (bicyclic) bond motifs is 1. The van der Waals surface area contributed by atoms with Crippen LogP contribution in [-0.2, 0) is 11.2 Å². The van der Waals surface area contributed by atoms with E-state index in [4.69, 9.17) is 4.74 Å². The fourth-order valence-corrected chi connectivity index (χ4v) is 4.40. The lowest BCUT2D eigenvalue weighted by molar-refractivity contribution is -0.114. The predicted molar refractivity (Wildman–Crippen MR) is 104 cm³/mol. The number of hydrogen-bond acceptors (Lipinski definition) is 8. The van der Waals surface area contributed by atoms with E-state index in [0.29, 0.717) is 5.13 Å². The Morgan fingerprint density at radius 1 is 1.33 bits per heavy atom. The van der Waals surface area contributed by atoms with Gasteiger partial charge in [-0.25, -0.2) is 0 Å². The Hall–Kier alpha value is -2.26. The van der Waals surface area contributed by atoms with Gasteiger partial charge in [0.1, 0.15) is 11.9 Å². The fraction of sp³-hybridized carbons (Fsp3) is 0.556. The van der Waals surface area contributed by atoms with Crippen LogP contribution in [0.4, 0.5) is 10.3 Å². The number of carbonyl (C=O) groups excluding carboxylic acids is 1. The summed E-state index contributed by atoms with van der Waals surface area (Å²) in [5, 5.41) is 12.3. The molecule has 8 nitrogen and oxygen atoms in total. The number of hydrogen-bond donors (Lipinski definition) is 1. The van der Waals surface area contributed by atoms with Crippen molar-refractivity contribution in [2.24, 2.45) is 0 Å². The lowest BCUT2D eigenvalue weighted by Gasteiger charge is -2.37. The van der Waals surface area contributed by atoms with E-state index in [-0.39, 0.29) is 18.1 Å². The van der Waals surface area contributed by atoms with Crippen LogP contribution in [0.3, 0.4) is 0 Å². The lowest BCUT2D eigenvalue weighted by Crippen LogP contribution is -2.47. The van der Waals surface area contributed by atoms with Crippen LogP contribution in [0.1, 0.15) is 38.1 Å². The van der Waals surface area contributed by atoms with E-state index in [1.807, 2.05) is 6.20 Å². The van der Waals surface area contributed by atoms with Crippen molar-refractivity contribution in [1.29, 1.82) is 0 Å². The molecular formula is C18H24N6O2S. The second-order valence-corrected chi connectivity index (χ2v) is 8.07. The largest absolute Gasteiger partial charge is 0.488 e. The molecule has 2 aliphatic rings. The van der Waals surface area contributed by atoms with Crippen LogP contribution in [0.2, 0.25) is 0 Å². The number of nitrogens with one attached hydrogen (secondary N) is 1. The molecule has 2 aliphatic heterocycles. The van der Waals surface area contributed by atoms with Crippen LogP contribution >= 0.6 is 11.3 Å². The minimum absolute atomic E-state index is 0.127. The summed E-state index contributed by atoms with van der Waals surface area (Å²) in [6.07, 6.45) is 3.10. The Labute approximate surface area is 162 Å². The normalized spacial score (nSPS) is 20.9. The molecule has 0 aliphatic carbocycles. The number of anilines is 2. The Kier molecular flexibility index (Phi) is 4.96. The molecule has 4 rings (SSSR count). The highest BCUT2D eigenvalue weighted by atomic mass is 32.1. The third kappa shape index (κ3) is 3.89. The predicted octanol–water partition coefficient (Wildman–Crippen LogP) is 2.10. The zero-order valence-corrected chi connectivity index (χ0v) is 16.6. The first-order chi connectivity index (χ1) is 13.0. The van der Waals surface area contributed by atoms with Crippen LogP contribution in [0.25, 0.3) is 0 Å². The molecule has 2 atom stereocenters. The summed E-state index contributed by atoms with van der Waals surface area (Å²) in [5.74, 6) is 0.808. The van der Waals surface area contributed by atoms with Crippen molar-refractivity contribution < 1.29 is 9.53 Å². The number of piperazine rings is 1. The average molecular weight is 388 g/mol. The van der Waals surface area contributed by atoms with Crippen molar-refractivity contribution in [3.63, 3.8) is 0 Å². The molecule has 9 heteroatoms. The van der Waals surface area contributed by atoms with Gasteiger partial charge in [0, 0.05) is 51.8 Å². The molecule has 2 aromatic heterocycles. The topological polar surface area (TPSA) is 83.5 Å². The van der Waals surface area contributed by atoms with Crippen molar-refractivity contribution >= 4 is 27.5 Å². The molecule has 1 fully saturated rings. The average Bonchev–Trinajstić information content (AvgIpc) is 3.25. The maximum Gasteiger partial charge on any atom is 0.223 e. The summed E-state index contributed by atoms with van der Waals surface area (Å²) in [7, 11) is 0. The standard InChI is InChI=1S/C18H24N6O2S/c1-11-8-15-16(26-11)9-14(10-19-15)12(2)23-4-6-24(7-5-23)18-22-21-17(27-18)20-13(3)25/h9-12H,4-8H2,1-3H3,(H,20,21,25)/t11?,12-/m0/s1. The third-order valence-corrected chi connectivity index (χ3v) is 5.97. The van der Waals surface area contributed by atoms with Gasteiger partial charge in [-0.15, -0.1) is 10.2 Å². The number of carbonyl (C=O) groups is 1. The van der Waals surface area contributed by atoms with E-state index < -0.39 is 0 Å². The fourth-order valence-electron chi connectivity index (χ4n) is 3.56. The smallest absolute Gasteiger partial charge is 0.223 e. The van der Waals surface area contributed by atoms with E-state index in [2.05, 4.69) is 50.2 Å². The maximum absolute atomic E-state index is 11.1. The minimum Gasteiger partial charge on any atom is -0.488 e. The molecule has 4 heterocycles. The zero-order valence-electron chi connectivity index (χ0n) is 15.8. The van der Waals surface area contributed by atoms with Crippen molar-refractivity contribution in [1.82, 2.24) is 20.1 Å². The molecule has 0 radical (unpaired) electrons. The SMILES string of the molecule is CC(=O)Nc1nnc(N2CCN([C@@H](C)c3cnc4c(c3)OC(C)C4)CC2)s1. The van der Waals surface area contributed by atoms with Gasteiger partial charge in [-0.05, 0) is 25.5 Å². The quantitative estimate of drug-likeness (QED) is 0.859. The van der Waals surface area contributed by atoms with Crippen LogP contribution in [0.15, 0.2) is 12.3 Å². The molecule has 0 saturated carbocycles. The Morgan fingerprint density at radius 3 is 2.85 bits per heavy atom. The van der Waals surface area contributed by atoms with Crippen molar-refractivity contribution in [2.75, 3.05) is 36.4 Å². The maximum atomic E-state index is 11.1. The van der Waals surface area contributed by atoms with Gasteiger partial charge in [-0.1, -0.05) is 11.3 Å². The minimum atomic E-state index is -0.127. The van der Waals surface area contributed by atoms with Gasteiger partial charge in [-0.2, -0.15) is 0 Å². The summed E-state index contributed by atoms with van der Waals surface area (Å²) in [6.45, 7) is 9.40. The highest BCUT2D eigenvalue weighted by Crippen LogP contribution is 2.32. The lowest BCUT2D eigenvalue weighted by atomic mass is 10.1. The summed E-state index contributed by atoms with van der Waals surface area (Å²) >= 11 is 1.41. The van der Waals surface area contributed by atoms with E-state index in [1.54, 1.807) is 0 Å². The molecule has 27 heavy (non-hydrogen) atoms. The van der Waals surface area contributed by atoms with Gasteiger partial charge >= 0.3 is 0 Å².